The maximum Gasteiger partial charge on any atom is 0.293 e. The van der Waals surface area contributed by atoms with Crippen molar-refractivity contribution in [2.75, 3.05) is 0 Å². The van der Waals surface area contributed by atoms with Crippen molar-refractivity contribution in [1.82, 2.24) is 4.90 Å². The van der Waals surface area contributed by atoms with Gasteiger partial charge in [0.15, 0.2) is 0 Å². The van der Waals surface area contributed by atoms with Gasteiger partial charge in [-0.2, -0.15) is 0 Å². The van der Waals surface area contributed by atoms with Crippen LogP contribution in [-0.4, -0.2) is 21.0 Å². The molecule has 0 saturated carbocycles. The van der Waals surface area contributed by atoms with Crippen molar-refractivity contribution in [2.45, 2.75) is 13.5 Å². The van der Waals surface area contributed by atoms with Gasteiger partial charge in [0.2, 0.25) is 0 Å². The molecule has 0 spiro atoms. The van der Waals surface area contributed by atoms with Gasteiger partial charge in [0.25, 0.3) is 16.8 Å². The van der Waals surface area contributed by atoms with E-state index >= 15 is 0 Å². The van der Waals surface area contributed by atoms with Crippen LogP contribution >= 0.6 is 11.8 Å². The summed E-state index contributed by atoms with van der Waals surface area (Å²) in [5.41, 5.74) is 1.92. The number of rotatable bonds is 4. The molecule has 1 heterocycles. The van der Waals surface area contributed by atoms with Gasteiger partial charge in [-0.25, -0.2) is 0 Å². The third-order valence-corrected chi connectivity index (χ3v) is 5.72. The van der Waals surface area contributed by atoms with Crippen LogP contribution in [0.4, 0.5) is 10.5 Å². The highest BCUT2D eigenvalue weighted by Gasteiger charge is 2.35. The number of amides is 2. The number of carbonyl (C=O) groups excluding carboxylic acids is 2. The molecule has 0 atom stereocenters. The molecule has 144 valence electrons. The lowest BCUT2D eigenvalue weighted by Gasteiger charge is -2.14. The third kappa shape index (κ3) is 3.64. The first-order valence-electron chi connectivity index (χ1n) is 8.91. The first-order chi connectivity index (χ1) is 13.9. The largest absolute Gasteiger partial charge is 0.293 e. The topological polar surface area (TPSA) is 80.5 Å². The van der Waals surface area contributed by atoms with Crippen LogP contribution in [0, 0.1) is 17.0 Å². The summed E-state index contributed by atoms with van der Waals surface area (Å²) < 4.78 is 0. The third-order valence-electron chi connectivity index (χ3n) is 4.81. The summed E-state index contributed by atoms with van der Waals surface area (Å²) in [6, 6.07) is 18.3. The Kier molecular flexibility index (Phi) is 4.90. The SMILES string of the molecule is Cc1ccc(/C=C2/SC(=O)N(Cc3cccc4ccccc34)C2=O)cc1[N+](=O)[O-]. The average Bonchev–Trinajstić information content (AvgIpc) is 2.97. The van der Waals surface area contributed by atoms with Crippen LogP contribution in [0.1, 0.15) is 16.7 Å². The van der Waals surface area contributed by atoms with Gasteiger partial charge in [-0.1, -0.05) is 54.6 Å². The van der Waals surface area contributed by atoms with Crippen molar-refractivity contribution in [3.05, 3.63) is 92.4 Å². The molecule has 4 rings (SSSR count). The fourth-order valence-electron chi connectivity index (χ4n) is 3.30. The monoisotopic (exact) mass is 404 g/mol. The number of carbonyl (C=O) groups is 2. The van der Waals surface area contributed by atoms with Crippen LogP contribution in [-0.2, 0) is 11.3 Å². The predicted octanol–water partition coefficient (Wildman–Crippen LogP) is 5.29. The van der Waals surface area contributed by atoms with Crippen molar-refractivity contribution in [3.8, 4) is 0 Å². The van der Waals surface area contributed by atoms with Gasteiger partial charge in [-0.3, -0.25) is 24.6 Å². The fraction of sp³-hybridized carbons (Fsp3) is 0.0909. The second kappa shape index (κ2) is 7.52. The molecule has 3 aromatic rings. The molecule has 0 aliphatic carbocycles. The minimum Gasteiger partial charge on any atom is -0.268 e. The van der Waals surface area contributed by atoms with Gasteiger partial charge in [-0.15, -0.1) is 0 Å². The van der Waals surface area contributed by atoms with E-state index in [-0.39, 0.29) is 22.4 Å². The Morgan fingerprint density at radius 3 is 2.62 bits per heavy atom. The standard InChI is InChI=1S/C22H16N2O4S/c1-14-9-10-15(11-19(14)24(27)28)12-20-21(25)23(22(26)29-20)13-17-7-4-6-16-5-2-3-8-18(16)17/h2-12H,13H2,1H3/b20-12+. The fourth-order valence-corrected chi connectivity index (χ4v) is 4.14. The number of fused-ring (bicyclic) bond motifs is 1. The first kappa shape index (κ1) is 18.9. The van der Waals surface area contributed by atoms with Crippen LogP contribution < -0.4 is 0 Å². The Labute approximate surface area is 171 Å². The molecule has 3 aromatic carbocycles. The van der Waals surface area contributed by atoms with Gasteiger partial charge in [-0.05, 0) is 46.7 Å². The molecule has 1 aliphatic rings. The van der Waals surface area contributed by atoms with E-state index in [4.69, 9.17) is 0 Å². The number of imide groups is 1. The molecular weight excluding hydrogens is 388 g/mol. The lowest BCUT2D eigenvalue weighted by atomic mass is 10.0. The number of benzene rings is 3. The van der Waals surface area contributed by atoms with Gasteiger partial charge in [0.05, 0.1) is 16.4 Å². The summed E-state index contributed by atoms with van der Waals surface area (Å²) in [4.78, 5) is 37.5. The lowest BCUT2D eigenvalue weighted by molar-refractivity contribution is -0.385. The quantitative estimate of drug-likeness (QED) is 0.335. The summed E-state index contributed by atoms with van der Waals surface area (Å²) in [5.74, 6) is -0.392. The number of nitro benzene ring substituents is 1. The first-order valence-corrected chi connectivity index (χ1v) is 9.73. The van der Waals surface area contributed by atoms with Gasteiger partial charge < -0.3 is 0 Å². The molecule has 0 bridgehead atoms. The smallest absolute Gasteiger partial charge is 0.268 e. The zero-order valence-corrected chi connectivity index (χ0v) is 16.3. The van der Waals surface area contributed by atoms with E-state index in [1.807, 2.05) is 42.5 Å². The molecule has 1 fully saturated rings. The zero-order valence-electron chi connectivity index (χ0n) is 15.5. The van der Waals surface area contributed by atoms with Crippen molar-refractivity contribution in [3.63, 3.8) is 0 Å². The van der Waals surface area contributed by atoms with Gasteiger partial charge in [0.1, 0.15) is 0 Å². The summed E-state index contributed by atoms with van der Waals surface area (Å²) in [5, 5.41) is 12.8. The van der Waals surface area contributed by atoms with E-state index < -0.39 is 10.8 Å². The highest BCUT2D eigenvalue weighted by Crippen LogP contribution is 2.34. The minimum atomic E-state index is -0.459. The molecule has 7 heteroatoms. The summed E-state index contributed by atoms with van der Waals surface area (Å²) >= 11 is 0.848. The van der Waals surface area contributed by atoms with Crippen LogP contribution in [0.25, 0.3) is 16.8 Å². The minimum absolute atomic E-state index is 0.0197. The van der Waals surface area contributed by atoms with Crippen LogP contribution in [0.5, 0.6) is 0 Å². The summed E-state index contributed by atoms with van der Waals surface area (Å²) in [6.45, 7) is 1.83. The Balaban J connectivity index is 1.63. The number of hydrogen-bond donors (Lipinski definition) is 0. The van der Waals surface area contributed by atoms with E-state index in [0.717, 1.165) is 28.1 Å². The van der Waals surface area contributed by atoms with E-state index in [1.165, 1.54) is 17.0 Å². The van der Waals surface area contributed by atoms with Crippen molar-refractivity contribution < 1.29 is 14.5 Å². The van der Waals surface area contributed by atoms with E-state index in [2.05, 4.69) is 0 Å². The highest BCUT2D eigenvalue weighted by molar-refractivity contribution is 8.18. The Morgan fingerprint density at radius 1 is 1.07 bits per heavy atom. The molecule has 1 aliphatic heterocycles. The molecule has 0 N–H and O–H groups in total. The Morgan fingerprint density at radius 2 is 1.83 bits per heavy atom. The summed E-state index contributed by atoms with van der Waals surface area (Å²) in [7, 11) is 0. The molecule has 0 unspecified atom stereocenters. The van der Waals surface area contributed by atoms with Crippen LogP contribution in [0.2, 0.25) is 0 Å². The second-order valence-electron chi connectivity index (χ2n) is 6.71. The van der Waals surface area contributed by atoms with E-state index in [9.17, 15) is 19.7 Å². The summed E-state index contributed by atoms with van der Waals surface area (Å²) in [6.07, 6.45) is 1.53. The average molecular weight is 404 g/mol. The maximum atomic E-state index is 12.8. The lowest BCUT2D eigenvalue weighted by Crippen LogP contribution is -2.27. The maximum absolute atomic E-state index is 12.8. The molecule has 0 aromatic heterocycles. The Hall–Kier alpha value is -3.45. The normalized spacial score (nSPS) is 15.5. The molecule has 0 radical (unpaired) electrons. The van der Waals surface area contributed by atoms with Crippen molar-refractivity contribution >= 4 is 45.4 Å². The number of nitrogens with zero attached hydrogens (tertiary/aromatic N) is 2. The molecule has 29 heavy (non-hydrogen) atoms. The van der Waals surface area contributed by atoms with Gasteiger partial charge >= 0.3 is 0 Å². The molecule has 1 saturated heterocycles. The van der Waals surface area contributed by atoms with E-state index in [0.29, 0.717) is 11.1 Å². The predicted molar refractivity (Wildman–Crippen MR) is 113 cm³/mol. The van der Waals surface area contributed by atoms with Crippen molar-refractivity contribution in [1.29, 1.82) is 0 Å². The number of hydrogen-bond acceptors (Lipinski definition) is 5. The number of aryl methyl sites for hydroxylation is 1. The highest BCUT2D eigenvalue weighted by atomic mass is 32.2. The second-order valence-corrected chi connectivity index (χ2v) is 7.70. The van der Waals surface area contributed by atoms with Crippen LogP contribution in [0.15, 0.2) is 65.6 Å². The Bertz CT molecular complexity index is 1200. The number of thioether (sulfide) groups is 1. The number of nitro groups is 1. The van der Waals surface area contributed by atoms with Crippen molar-refractivity contribution in [2.24, 2.45) is 0 Å². The van der Waals surface area contributed by atoms with Crippen LogP contribution in [0.3, 0.4) is 0 Å². The molecule has 2 amide bonds. The molecular formula is C22H16N2O4S. The van der Waals surface area contributed by atoms with E-state index in [1.54, 1.807) is 19.1 Å². The van der Waals surface area contributed by atoms with Gasteiger partial charge in [0, 0.05) is 11.6 Å². The zero-order chi connectivity index (χ0) is 20.5. The molecule has 6 nitrogen and oxygen atoms in total.